The van der Waals surface area contributed by atoms with Crippen LogP contribution in [0.5, 0.6) is 0 Å². The molecule has 2 aromatic rings. The summed E-state index contributed by atoms with van der Waals surface area (Å²) in [5.41, 5.74) is 2.38. The third kappa shape index (κ3) is 5.12. The van der Waals surface area contributed by atoms with Crippen molar-refractivity contribution in [2.75, 3.05) is 6.61 Å². The van der Waals surface area contributed by atoms with Crippen LogP contribution in [0.4, 0.5) is 0 Å². The number of hydrogen-bond acceptors (Lipinski definition) is 4. The van der Waals surface area contributed by atoms with E-state index in [1.807, 2.05) is 43.3 Å². The lowest BCUT2D eigenvalue weighted by Gasteiger charge is -2.14. The average molecular weight is 340 g/mol. The lowest BCUT2D eigenvalue weighted by molar-refractivity contribution is 0.0931. The van der Waals surface area contributed by atoms with Gasteiger partial charge in [-0.15, -0.1) is 11.8 Å². The van der Waals surface area contributed by atoms with Crippen molar-refractivity contribution in [2.24, 2.45) is 0 Å². The van der Waals surface area contributed by atoms with Gasteiger partial charge in [0, 0.05) is 23.3 Å². The van der Waals surface area contributed by atoms with E-state index in [1.165, 1.54) is 0 Å². The van der Waals surface area contributed by atoms with Crippen LogP contribution < -0.4 is 5.32 Å². The number of nitrogens with one attached hydrogen (secondary N) is 1. The Morgan fingerprint density at radius 3 is 2.62 bits per heavy atom. The molecule has 4 nitrogen and oxygen atoms in total. The zero-order valence-corrected chi connectivity index (χ0v) is 14.3. The minimum atomic E-state index is -0.126. The topological polar surface area (TPSA) is 73.1 Å². The van der Waals surface area contributed by atoms with Crippen molar-refractivity contribution in [3.05, 3.63) is 65.2 Å². The van der Waals surface area contributed by atoms with E-state index >= 15 is 0 Å². The number of aliphatic hydroxyl groups is 1. The Hall–Kier alpha value is -2.29. The summed E-state index contributed by atoms with van der Waals surface area (Å²) in [7, 11) is 0. The molecule has 0 heterocycles. The first-order valence-corrected chi connectivity index (χ1v) is 8.75. The fraction of sp³-hybridized carbons (Fsp3) is 0.263. The van der Waals surface area contributed by atoms with Gasteiger partial charge in [-0.25, -0.2) is 0 Å². The van der Waals surface area contributed by atoms with Crippen LogP contribution in [0.1, 0.15) is 34.8 Å². The molecule has 0 bridgehead atoms. The van der Waals surface area contributed by atoms with E-state index < -0.39 is 0 Å². The molecule has 2 N–H and O–H groups in total. The van der Waals surface area contributed by atoms with Crippen LogP contribution in [0.25, 0.3) is 0 Å². The standard InChI is InChI=1S/C19H20N2O2S/c1-14(10-11-22)21-19(23)17-4-2-3-5-18(17)24-13-16-8-6-15(12-20)7-9-16/h2-9,14,22H,10-11,13H2,1H3,(H,21,23)/t14-/m1/s1. The van der Waals surface area contributed by atoms with Gasteiger partial charge in [0.25, 0.3) is 5.91 Å². The van der Waals surface area contributed by atoms with Crippen molar-refractivity contribution in [3.63, 3.8) is 0 Å². The smallest absolute Gasteiger partial charge is 0.252 e. The summed E-state index contributed by atoms with van der Waals surface area (Å²) in [5, 5.41) is 20.7. The van der Waals surface area contributed by atoms with Crippen LogP contribution >= 0.6 is 11.8 Å². The van der Waals surface area contributed by atoms with Crippen LogP contribution in [0.3, 0.4) is 0 Å². The molecule has 0 unspecified atom stereocenters. The van der Waals surface area contributed by atoms with Crippen molar-refractivity contribution < 1.29 is 9.90 Å². The first kappa shape index (κ1) is 18.1. The number of benzene rings is 2. The third-order valence-corrected chi connectivity index (χ3v) is 4.69. The molecule has 1 atom stereocenters. The second kappa shape index (κ2) is 9.11. The van der Waals surface area contributed by atoms with Crippen molar-refractivity contribution in [1.82, 2.24) is 5.32 Å². The van der Waals surface area contributed by atoms with Crippen LogP contribution in [-0.2, 0) is 5.75 Å². The summed E-state index contributed by atoms with van der Waals surface area (Å²) in [6, 6.07) is 17.0. The van der Waals surface area contributed by atoms with E-state index in [0.29, 0.717) is 17.5 Å². The monoisotopic (exact) mass is 340 g/mol. The molecule has 124 valence electrons. The Morgan fingerprint density at radius 2 is 1.96 bits per heavy atom. The number of carbonyl (C=O) groups is 1. The number of amides is 1. The number of carbonyl (C=O) groups excluding carboxylic acids is 1. The van der Waals surface area contributed by atoms with Gasteiger partial charge >= 0.3 is 0 Å². The predicted molar refractivity (Wildman–Crippen MR) is 95.8 cm³/mol. The first-order valence-electron chi connectivity index (χ1n) is 7.76. The summed E-state index contributed by atoms with van der Waals surface area (Å²) < 4.78 is 0. The molecule has 1 amide bonds. The minimum absolute atomic E-state index is 0.0521. The Labute approximate surface area is 146 Å². The summed E-state index contributed by atoms with van der Waals surface area (Å²) in [6.45, 7) is 1.93. The summed E-state index contributed by atoms with van der Waals surface area (Å²) in [6.07, 6.45) is 0.534. The van der Waals surface area contributed by atoms with Gasteiger partial charge in [-0.3, -0.25) is 4.79 Å². The SMILES string of the molecule is C[C@H](CCO)NC(=O)c1ccccc1SCc1ccc(C#N)cc1. The largest absolute Gasteiger partial charge is 0.396 e. The molecule has 2 aromatic carbocycles. The number of aliphatic hydroxyl groups excluding tert-OH is 1. The highest BCUT2D eigenvalue weighted by Gasteiger charge is 2.13. The zero-order chi connectivity index (χ0) is 17.4. The van der Waals surface area contributed by atoms with E-state index in [1.54, 1.807) is 23.9 Å². The molecule has 5 heteroatoms. The molecule has 0 aliphatic heterocycles. The molecule has 24 heavy (non-hydrogen) atoms. The zero-order valence-electron chi connectivity index (χ0n) is 13.5. The highest BCUT2D eigenvalue weighted by atomic mass is 32.2. The fourth-order valence-electron chi connectivity index (χ4n) is 2.18. The van der Waals surface area contributed by atoms with Crippen molar-refractivity contribution in [2.45, 2.75) is 30.0 Å². The van der Waals surface area contributed by atoms with Crippen LogP contribution in [0.2, 0.25) is 0 Å². The van der Waals surface area contributed by atoms with Gasteiger partial charge in [-0.05, 0) is 43.2 Å². The van der Waals surface area contributed by atoms with Crippen molar-refractivity contribution in [3.8, 4) is 6.07 Å². The van der Waals surface area contributed by atoms with Gasteiger partial charge in [0.15, 0.2) is 0 Å². The van der Waals surface area contributed by atoms with E-state index in [-0.39, 0.29) is 18.6 Å². The number of thioether (sulfide) groups is 1. The number of rotatable bonds is 7. The second-order valence-corrected chi connectivity index (χ2v) is 6.50. The molecular weight excluding hydrogens is 320 g/mol. The number of nitriles is 1. The summed E-state index contributed by atoms with van der Waals surface area (Å²) in [4.78, 5) is 13.3. The van der Waals surface area contributed by atoms with Gasteiger partial charge in [-0.2, -0.15) is 5.26 Å². The summed E-state index contributed by atoms with van der Waals surface area (Å²) >= 11 is 1.59. The van der Waals surface area contributed by atoms with Gasteiger partial charge in [0.2, 0.25) is 0 Å². The molecule has 0 saturated carbocycles. The maximum Gasteiger partial charge on any atom is 0.252 e. The molecule has 0 aliphatic carbocycles. The highest BCUT2D eigenvalue weighted by molar-refractivity contribution is 7.98. The summed E-state index contributed by atoms with van der Waals surface area (Å²) in [5.74, 6) is 0.598. The molecule has 0 spiro atoms. The molecule has 0 aromatic heterocycles. The van der Waals surface area contributed by atoms with Gasteiger partial charge in [-0.1, -0.05) is 24.3 Å². The predicted octanol–water partition coefficient (Wildman–Crippen LogP) is 3.35. The van der Waals surface area contributed by atoms with E-state index in [4.69, 9.17) is 10.4 Å². The van der Waals surface area contributed by atoms with Gasteiger partial charge < -0.3 is 10.4 Å². The molecule has 0 saturated heterocycles. The third-order valence-electron chi connectivity index (χ3n) is 3.55. The average Bonchev–Trinajstić information content (AvgIpc) is 2.60. The Kier molecular flexibility index (Phi) is 6.86. The van der Waals surface area contributed by atoms with E-state index in [9.17, 15) is 4.79 Å². The molecule has 2 rings (SSSR count). The van der Waals surface area contributed by atoms with Crippen molar-refractivity contribution >= 4 is 17.7 Å². The van der Waals surface area contributed by atoms with Crippen LogP contribution in [0.15, 0.2) is 53.4 Å². The maximum absolute atomic E-state index is 12.4. The Bertz CT molecular complexity index is 723. The quantitative estimate of drug-likeness (QED) is 0.758. The maximum atomic E-state index is 12.4. The first-order chi connectivity index (χ1) is 11.6. The van der Waals surface area contributed by atoms with Crippen molar-refractivity contribution in [1.29, 1.82) is 5.26 Å². The lowest BCUT2D eigenvalue weighted by Crippen LogP contribution is -2.33. The van der Waals surface area contributed by atoms with Gasteiger partial charge in [0.05, 0.1) is 17.2 Å². The van der Waals surface area contributed by atoms with E-state index in [0.717, 1.165) is 16.2 Å². The molecular formula is C19H20N2O2S. The van der Waals surface area contributed by atoms with Crippen LogP contribution in [0, 0.1) is 11.3 Å². The Morgan fingerprint density at radius 1 is 1.25 bits per heavy atom. The Balaban J connectivity index is 2.05. The minimum Gasteiger partial charge on any atom is -0.396 e. The van der Waals surface area contributed by atoms with Gasteiger partial charge in [0.1, 0.15) is 0 Å². The van der Waals surface area contributed by atoms with Crippen LogP contribution in [-0.4, -0.2) is 23.7 Å². The number of nitrogens with zero attached hydrogens (tertiary/aromatic N) is 1. The highest BCUT2D eigenvalue weighted by Crippen LogP contribution is 2.26. The molecule has 0 radical (unpaired) electrons. The lowest BCUT2D eigenvalue weighted by atomic mass is 10.2. The van der Waals surface area contributed by atoms with E-state index in [2.05, 4.69) is 11.4 Å². The molecule has 0 aliphatic rings. The molecule has 0 fully saturated rings. The normalized spacial score (nSPS) is 11.5. The fourth-order valence-corrected chi connectivity index (χ4v) is 3.19. The second-order valence-electron chi connectivity index (χ2n) is 5.48. The number of hydrogen-bond donors (Lipinski definition) is 2.